The van der Waals surface area contributed by atoms with Crippen LogP contribution in [0.1, 0.15) is 27.7 Å². The van der Waals surface area contributed by atoms with Gasteiger partial charge in [-0.05, 0) is 6.92 Å². The Morgan fingerprint density at radius 2 is 2.00 bits per heavy atom. The Kier molecular flexibility index (Phi) is 1.93. The lowest BCUT2D eigenvalue weighted by atomic mass is 9.33. The summed E-state index contributed by atoms with van der Waals surface area (Å²) in [5.74, 6) is 0. The summed E-state index contributed by atoms with van der Waals surface area (Å²) in [4.78, 5) is 0. The van der Waals surface area contributed by atoms with Crippen molar-refractivity contribution in [2.75, 3.05) is 0 Å². The Labute approximate surface area is 64.8 Å². The average Bonchev–Trinajstić information content (AvgIpc) is 2.11. The molecule has 0 nitrogen and oxygen atoms in total. The lowest BCUT2D eigenvalue weighted by molar-refractivity contribution is 0.735. The summed E-state index contributed by atoms with van der Waals surface area (Å²) in [5, 5.41) is 0.508. The van der Waals surface area contributed by atoms with Gasteiger partial charge in [-0.2, -0.15) is 0 Å². The van der Waals surface area contributed by atoms with Gasteiger partial charge in [0.25, 0.3) is 0 Å². The first-order valence-electron chi connectivity index (χ1n) is 4.16. The van der Waals surface area contributed by atoms with Gasteiger partial charge < -0.3 is 0 Å². The van der Waals surface area contributed by atoms with Crippen LogP contribution < -0.4 is 0 Å². The van der Waals surface area contributed by atoms with E-state index in [2.05, 4.69) is 33.8 Å². The summed E-state index contributed by atoms with van der Waals surface area (Å²) in [5.41, 5.74) is 1.58. The fraction of sp³-hybridized carbons (Fsp3) is 0.778. The molecule has 1 heterocycles. The molecule has 0 aromatic heterocycles. The SMILES string of the molecule is CC1=CCB(C(C)(C)C)C1. The molecule has 0 aliphatic carbocycles. The van der Waals surface area contributed by atoms with Crippen molar-refractivity contribution >= 4 is 6.71 Å². The van der Waals surface area contributed by atoms with Gasteiger partial charge in [0, 0.05) is 0 Å². The predicted octanol–water partition coefficient (Wildman–Crippen LogP) is 3.24. The lowest BCUT2D eigenvalue weighted by Gasteiger charge is -2.23. The van der Waals surface area contributed by atoms with Crippen molar-refractivity contribution in [1.82, 2.24) is 0 Å². The Bertz CT molecular complexity index is 151. The van der Waals surface area contributed by atoms with Gasteiger partial charge in [-0.15, -0.1) is 0 Å². The van der Waals surface area contributed by atoms with Crippen LogP contribution in [0.3, 0.4) is 0 Å². The van der Waals surface area contributed by atoms with Crippen LogP contribution in [0.5, 0.6) is 0 Å². The minimum Gasteiger partial charge on any atom is -0.0935 e. The molecule has 0 saturated carbocycles. The third-order valence-corrected chi connectivity index (χ3v) is 2.54. The van der Waals surface area contributed by atoms with E-state index in [1.54, 1.807) is 5.57 Å². The molecule has 0 spiro atoms. The smallest absolute Gasteiger partial charge is 0.0935 e. The summed E-state index contributed by atoms with van der Waals surface area (Å²) in [6, 6.07) is 0. The van der Waals surface area contributed by atoms with E-state index in [0.717, 1.165) is 6.71 Å². The van der Waals surface area contributed by atoms with Crippen molar-refractivity contribution in [2.45, 2.75) is 45.6 Å². The van der Waals surface area contributed by atoms with Crippen LogP contribution in [0.2, 0.25) is 18.0 Å². The van der Waals surface area contributed by atoms with Crippen LogP contribution >= 0.6 is 0 Å². The second-order valence-corrected chi connectivity index (χ2v) is 4.55. The first kappa shape index (κ1) is 7.91. The van der Waals surface area contributed by atoms with Gasteiger partial charge in [0.2, 0.25) is 0 Å². The second kappa shape index (κ2) is 2.45. The van der Waals surface area contributed by atoms with Crippen molar-refractivity contribution in [3.8, 4) is 0 Å². The quantitative estimate of drug-likeness (QED) is 0.354. The highest BCUT2D eigenvalue weighted by Gasteiger charge is 2.30. The van der Waals surface area contributed by atoms with E-state index in [1.807, 2.05) is 0 Å². The van der Waals surface area contributed by atoms with Gasteiger partial charge >= 0.3 is 0 Å². The average molecular weight is 136 g/mol. The Hall–Kier alpha value is -0.195. The van der Waals surface area contributed by atoms with Crippen LogP contribution in [-0.2, 0) is 0 Å². The molecule has 1 heteroatoms. The third-order valence-electron chi connectivity index (χ3n) is 2.54. The van der Waals surface area contributed by atoms with Crippen molar-refractivity contribution in [3.05, 3.63) is 11.6 Å². The first-order chi connectivity index (χ1) is 4.50. The fourth-order valence-corrected chi connectivity index (χ4v) is 1.56. The maximum absolute atomic E-state index is 2.38. The van der Waals surface area contributed by atoms with Gasteiger partial charge in [0.15, 0.2) is 6.71 Å². The van der Waals surface area contributed by atoms with Crippen molar-refractivity contribution in [3.63, 3.8) is 0 Å². The Morgan fingerprint density at radius 3 is 2.20 bits per heavy atom. The van der Waals surface area contributed by atoms with E-state index in [4.69, 9.17) is 0 Å². The van der Waals surface area contributed by atoms with E-state index in [0.29, 0.717) is 5.31 Å². The fourth-order valence-electron chi connectivity index (χ4n) is 1.56. The van der Waals surface area contributed by atoms with Crippen molar-refractivity contribution < 1.29 is 0 Å². The van der Waals surface area contributed by atoms with Crippen LogP contribution in [0.15, 0.2) is 11.6 Å². The molecule has 0 radical (unpaired) electrons. The molecule has 0 amide bonds. The van der Waals surface area contributed by atoms with Crippen LogP contribution in [0.4, 0.5) is 0 Å². The maximum Gasteiger partial charge on any atom is 0.153 e. The molecule has 1 aliphatic heterocycles. The standard InChI is InChI=1S/C9H17B/c1-8-5-6-10(7-8)9(2,3)4/h5H,6-7H2,1-4H3. The van der Waals surface area contributed by atoms with E-state index >= 15 is 0 Å². The summed E-state index contributed by atoms with van der Waals surface area (Å²) >= 11 is 0. The molecule has 10 heavy (non-hydrogen) atoms. The molecule has 0 atom stereocenters. The molecule has 56 valence electrons. The molecule has 0 N–H and O–H groups in total. The zero-order valence-electron chi connectivity index (χ0n) is 7.57. The third kappa shape index (κ3) is 1.65. The summed E-state index contributed by atoms with van der Waals surface area (Å²) in [6.07, 6.45) is 5.01. The monoisotopic (exact) mass is 136 g/mol. The maximum atomic E-state index is 2.38. The van der Waals surface area contributed by atoms with Crippen LogP contribution in [0.25, 0.3) is 0 Å². The number of hydrogen-bond acceptors (Lipinski definition) is 0. The number of allylic oxidation sites excluding steroid dienone is 2. The van der Waals surface area contributed by atoms with Gasteiger partial charge in [-0.3, -0.25) is 0 Å². The van der Waals surface area contributed by atoms with Crippen molar-refractivity contribution in [1.29, 1.82) is 0 Å². The summed E-state index contributed by atoms with van der Waals surface area (Å²) in [6.45, 7) is 10.1. The number of rotatable bonds is 0. The minimum atomic E-state index is 0.508. The Morgan fingerprint density at radius 1 is 1.40 bits per heavy atom. The van der Waals surface area contributed by atoms with Gasteiger partial charge in [0.05, 0.1) is 0 Å². The molecule has 0 saturated heterocycles. The second-order valence-electron chi connectivity index (χ2n) is 4.55. The zero-order valence-corrected chi connectivity index (χ0v) is 7.57. The minimum absolute atomic E-state index is 0.508. The molecule has 1 aliphatic rings. The molecule has 0 aromatic carbocycles. The van der Waals surface area contributed by atoms with Gasteiger partial charge in [-0.1, -0.05) is 50.4 Å². The van der Waals surface area contributed by atoms with E-state index in [-0.39, 0.29) is 0 Å². The number of hydrogen-bond donors (Lipinski definition) is 0. The van der Waals surface area contributed by atoms with Gasteiger partial charge in [0.1, 0.15) is 0 Å². The lowest BCUT2D eigenvalue weighted by Crippen LogP contribution is -2.21. The van der Waals surface area contributed by atoms with E-state index in [9.17, 15) is 0 Å². The van der Waals surface area contributed by atoms with Crippen LogP contribution in [-0.4, -0.2) is 6.71 Å². The predicted molar refractivity (Wildman–Crippen MR) is 48.8 cm³/mol. The van der Waals surface area contributed by atoms with E-state index in [1.165, 1.54) is 12.6 Å². The highest BCUT2D eigenvalue weighted by Crippen LogP contribution is 2.37. The molecular formula is C9H17B. The summed E-state index contributed by atoms with van der Waals surface area (Å²) < 4.78 is 0. The largest absolute Gasteiger partial charge is 0.153 e. The highest BCUT2D eigenvalue weighted by molar-refractivity contribution is 6.64. The van der Waals surface area contributed by atoms with Crippen LogP contribution in [0, 0.1) is 0 Å². The normalized spacial score (nSPS) is 19.6. The zero-order chi connectivity index (χ0) is 7.78. The molecule has 0 aromatic rings. The molecule has 0 unspecified atom stereocenters. The topological polar surface area (TPSA) is 0 Å². The molecule has 0 bridgehead atoms. The van der Waals surface area contributed by atoms with Crippen molar-refractivity contribution in [2.24, 2.45) is 0 Å². The molecular weight excluding hydrogens is 119 g/mol. The molecule has 0 fully saturated rings. The Balaban J connectivity index is 2.50. The summed E-state index contributed by atoms with van der Waals surface area (Å²) in [7, 11) is 0. The van der Waals surface area contributed by atoms with Gasteiger partial charge in [-0.25, -0.2) is 0 Å². The highest BCUT2D eigenvalue weighted by atomic mass is 14.1. The van der Waals surface area contributed by atoms with E-state index < -0.39 is 0 Å². The first-order valence-corrected chi connectivity index (χ1v) is 4.16. The molecule has 1 rings (SSSR count).